The molecule has 1 N–H and O–H groups in total. The van der Waals surface area contributed by atoms with Gasteiger partial charge in [0, 0.05) is 18.9 Å². The van der Waals surface area contributed by atoms with Gasteiger partial charge in [0.2, 0.25) is 0 Å². The molecule has 0 aliphatic carbocycles. The summed E-state index contributed by atoms with van der Waals surface area (Å²) in [5.74, 6) is -0.228. The van der Waals surface area contributed by atoms with E-state index in [1.807, 2.05) is 18.2 Å². The van der Waals surface area contributed by atoms with Crippen molar-refractivity contribution in [1.29, 1.82) is 5.26 Å². The molecule has 20 heavy (non-hydrogen) atoms. The Labute approximate surface area is 118 Å². The van der Waals surface area contributed by atoms with Crippen molar-refractivity contribution in [2.24, 2.45) is 0 Å². The molecule has 100 valence electrons. The Morgan fingerprint density at radius 2 is 1.95 bits per heavy atom. The number of nitrogens with zero attached hydrogens (tertiary/aromatic N) is 2. The van der Waals surface area contributed by atoms with Gasteiger partial charge in [-0.15, -0.1) is 0 Å². The first-order valence-corrected chi connectivity index (χ1v) is 6.44. The molecule has 0 aliphatic rings. The number of pyridine rings is 1. The fourth-order valence-electron chi connectivity index (χ4n) is 1.80. The number of nitrogens with one attached hydrogen (secondary N) is 1. The maximum Gasteiger partial charge on any atom is 0.253 e. The molecule has 1 aromatic carbocycles. The molecule has 0 fully saturated rings. The Bertz CT molecular complexity index is 642. The van der Waals surface area contributed by atoms with E-state index in [4.69, 9.17) is 5.26 Å². The monoisotopic (exact) mass is 265 g/mol. The summed E-state index contributed by atoms with van der Waals surface area (Å²) in [6, 6.07) is 11.6. The van der Waals surface area contributed by atoms with Gasteiger partial charge in [0.05, 0.1) is 11.1 Å². The number of rotatable bonds is 4. The smallest absolute Gasteiger partial charge is 0.253 e. The van der Waals surface area contributed by atoms with Gasteiger partial charge in [-0.3, -0.25) is 9.78 Å². The van der Waals surface area contributed by atoms with E-state index < -0.39 is 0 Å². The van der Waals surface area contributed by atoms with Crippen molar-refractivity contribution in [3.05, 3.63) is 65.0 Å². The summed E-state index contributed by atoms with van der Waals surface area (Å²) in [7, 11) is 0. The number of aryl methyl sites for hydroxylation is 1. The quantitative estimate of drug-likeness (QED) is 0.923. The Kier molecular flexibility index (Phi) is 4.46. The first kappa shape index (κ1) is 13.8. The summed E-state index contributed by atoms with van der Waals surface area (Å²) >= 11 is 0. The van der Waals surface area contributed by atoms with Gasteiger partial charge in [-0.25, -0.2) is 0 Å². The third-order valence-corrected chi connectivity index (χ3v) is 3.01. The van der Waals surface area contributed by atoms with Gasteiger partial charge in [-0.05, 0) is 23.6 Å². The largest absolute Gasteiger partial charge is 0.348 e. The first-order valence-electron chi connectivity index (χ1n) is 6.44. The van der Waals surface area contributed by atoms with Crippen molar-refractivity contribution in [3.63, 3.8) is 0 Å². The average molecular weight is 265 g/mol. The lowest BCUT2D eigenvalue weighted by atomic mass is 10.1. The van der Waals surface area contributed by atoms with E-state index in [9.17, 15) is 4.79 Å². The summed E-state index contributed by atoms with van der Waals surface area (Å²) in [4.78, 5) is 15.8. The lowest BCUT2D eigenvalue weighted by Crippen LogP contribution is -2.23. The molecule has 0 radical (unpaired) electrons. The molecular formula is C16H15N3O. The standard InChI is InChI=1S/C16H15N3O/c1-2-12-3-5-13(6-4-12)10-19-16(20)15-7-14(8-17)9-18-11-15/h3-7,9,11H,2,10H2,1H3,(H,19,20). The van der Waals surface area contributed by atoms with E-state index in [1.165, 1.54) is 24.0 Å². The summed E-state index contributed by atoms with van der Waals surface area (Å²) < 4.78 is 0. The van der Waals surface area contributed by atoms with Gasteiger partial charge in [0.25, 0.3) is 5.91 Å². The van der Waals surface area contributed by atoms with Crippen LogP contribution in [-0.4, -0.2) is 10.9 Å². The molecule has 2 rings (SSSR count). The van der Waals surface area contributed by atoms with Crippen LogP contribution in [0, 0.1) is 11.3 Å². The number of carbonyl (C=O) groups is 1. The molecule has 0 spiro atoms. The van der Waals surface area contributed by atoms with E-state index >= 15 is 0 Å². The van der Waals surface area contributed by atoms with Crippen LogP contribution >= 0.6 is 0 Å². The van der Waals surface area contributed by atoms with Gasteiger partial charge in [-0.2, -0.15) is 5.26 Å². The SMILES string of the molecule is CCc1ccc(CNC(=O)c2cncc(C#N)c2)cc1. The highest BCUT2D eigenvalue weighted by Gasteiger charge is 2.06. The summed E-state index contributed by atoms with van der Waals surface area (Å²) in [6.07, 6.45) is 3.88. The molecule has 2 aromatic rings. The number of carbonyl (C=O) groups excluding carboxylic acids is 1. The van der Waals surface area contributed by atoms with Crippen LogP contribution in [0.25, 0.3) is 0 Å². The van der Waals surface area contributed by atoms with Gasteiger partial charge < -0.3 is 5.32 Å². The predicted octanol–water partition coefficient (Wildman–Crippen LogP) is 2.45. The Hall–Kier alpha value is -2.67. The highest BCUT2D eigenvalue weighted by atomic mass is 16.1. The fraction of sp³-hybridized carbons (Fsp3) is 0.188. The van der Waals surface area contributed by atoms with Crippen LogP contribution in [0.2, 0.25) is 0 Å². The second kappa shape index (κ2) is 6.48. The maximum absolute atomic E-state index is 11.9. The number of amides is 1. The highest BCUT2D eigenvalue weighted by Crippen LogP contribution is 2.06. The fourth-order valence-corrected chi connectivity index (χ4v) is 1.80. The molecule has 0 saturated carbocycles. The van der Waals surface area contributed by atoms with Crippen molar-refractivity contribution in [2.75, 3.05) is 0 Å². The third-order valence-electron chi connectivity index (χ3n) is 3.01. The molecule has 4 nitrogen and oxygen atoms in total. The Balaban J connectivity index is 1.99. The molecule has 0 saturated heterocycles. The van der Waals surface area contributed by atoms with Crippen molar-refractivity contribution in [3.8, 4) is 6.07 Å². The molecule has 0 unspecified atom stereocenters. The van der Waals surface area contributed by atoms with E-state index in [-0.39, 0.29) is 5.91 Å². The van der Waals surface area contributed by atoms with E-state index in [0.29, 0.717) is 17.7 Å². The van der Waals surface area contributed by atoms with E-state index in [1.54, 1.807) is 0 Å². The minimum atomic E-state index is -0.228. The van der Waals surface area contributed by atoms with Crippen LogP contribution in [0.4, 0.5) is 0 Å². The molecular weight excluding hydrogens is 250 g/mol. The predicted molar refractivity (Wildman–Crippen MR) is 75.9 cm³/mol. The normalized spacial score (nSPS) is 9.80. The Morgan fingerprint density at radius 3 is 2.60 bits per heavy atom. The number of nitriles is 1. The molecule has 4 heteroatoms. The second-order valence-electron chi connectivity index (χ2n) is 4.43. The molecule has 1 heterocycles. The number of hydrogen-bond acceptors (Lipinski definition) is 3. The van der Waals surface area contributed by atoms with Gasteiger partial charge in [0.1, 0.15) is 6.07 Å². The van der Waals surface area contributed by atoms with Gasteiger partial charge >= 0.3 is 0 Å². The summed E-state index contributed by atoms with van der Waals surface area (Å²) in [5, 5.41) is 11.6. The molecule has 1 amide bonds. The van der Waals surface area contributed by atoms with Crippen molar-refractivity contribution >= 4 is 5.91 Å². The number of hydrogen-bond donors (Lipinski definition) is 1. The zero-order valence-corrected chi connectivity index (χ0v) is 11.3. The third kappa shape index (κ3) is 3.42. The van der Waals surface area contributed by atoms with Crippen LogP contribution in [-0.2, 0) is 13.0 Å². The molecule has 0 aliphatic heterocycles. The van der Waals surface area contributed by atoms with Crippen LogP contribution < -0.4 is 5.32 Å². The summed E-state index contributed by atoms with van der Waals surface area (Å²) in [5.41, 5.74) is 3.09. The lowest BCUT2D eigenvalue weighted by molar-refractivity contribution is 0.0950. The second-order valence-corrected chi connectivity index (χ2v) is 4.43. The Morgan fingerprint density at radius 1 is 1.25 bits per heavy atom. The zero-order chi connectivity index (χ0) is 14.4. The van der Waals surface area contributed by atoms with Crippen LogP contribution in [0.5, 0.6) is 0 Å². The van der Waals surface area contributed by atoms with E-state index in [2.05, 4.69) is 29.4 Å². The molecule has 0 bridgehead atoms. The van der Waals surface area contributed by atoms with Crippen molar-refractivity contribution in [2.45, 2.75) is 19.9 Å². The van der Waals surface area contributed by atoms with E-state index in [0.717, 1.165) is 12.0 Å². The van der Waals surface area contributed by atoms with Crippen molar-refractivity contribution < 1.29 is 4.79 Å². The number of aromatic nitrogens is 1. The lowest BCUT2D eigenvalue weighted by Gasteiger charge is -2.06. The molecule has 1 aromatic heterocycles. The topological polar surface area (TPSA) is 65.8 Å². The minimum Gasteiger partial charge on any atom is -0.348 e. The minimum absolute atomic E-state index is 0.228. The first-order chi connectivity index (χ1) is 9.72. The maximum atomic E-state index is 11.9. The van der Waals surface area contributed by atoms with Crippen LogP contribution in [0.3, 0.4) is 0 Å². The zero-order valence-electron chi connectivity index (χ0n) is 11.3. The van der Waals surface area contributed by atoms with Crippen LogP contribution in [0.1, 0.15) is 34.0 Å². The highest BCUT2D eigenvalue weighted by molar-refractivity contribution is 5.94. The number of benzene rings is 1. The van der Waals surface area contributed by atoms with Gasteiger partial charge in [0.15, 0.2) is 0 Å². The van der Waals surface area contributed by atoms with Gasteiger partial charge in [-0.1, -0.05) is 31.2 Å². The van der Waals surface area contributed by atoms with Crippen LogP contribution in [0.15, 0.2) is 42.7 Å². The summed E-state index contributed by atoms with van der Waals surface area (Å²) in [6.45, 7) is 2.56. The molecule has 0 atom stereocenters. The van der Waals surface area contributed by atoms with Crippen molar-refractivity contribution in [1.82, 2.24) is 10.3 Å². The average Bonchev–Trinajstić information content (AvgIpc) is 2.53.